The normalized spacial score (nSPS) is 19.1. The number of nitrogens with zero attached hydrogens (tertiary/aromatic N) is 4. The predicted molar refractivity (Wildman–Crippen MR) is 101 cm³/mol. The molecule has 0 aliphatic carbocycles. The Morgan fingerprint density at radius 2 is 1.78 bits per heavy atom. The van der Waals surface area contributed by atoms with Gasteiger partial charge < -0.3 is 14.4 Å². The molecule has 1 aromatic carbocycles. The van der Waals surface area contributed by atoms with Crippen LogP contribution in [0, 0.1) is 10.1 Å². The number of piperidine rings is 1. The van der Waals surface area contributed by atoms with Gasteiger partial charge in [-0.25, -0.2) is 4.68 Å². The van der Waals surface area contributed by atoms with Gasteiger partial charge in [-0.1, -0.05) is 41.4 Å². The molecule has 0 saturated carbocycles. The monoisotopic (exact) mass is 412 g/mol. The quantitative estimate of drug-likeness (QED) is 0.433. The van der Waals surface area contributed by atoms with Crippen LogP contribution in [0.4, 0.5) is 11.5 Å². The van der Waals surface area contributed by atoms with Crippen molar-refractivity contribution in [3.8, 4) is 5.69 Å². The maximum atomic E-state index is 11.8. The zero-order chi connectivity index (χ0) is 19.0. The number of anilines is 1. The van der Waals surface area contributed by atoms with Crippen LogP contribution in [0.3, 0.4) is 0 Å². The van der Waals surface area contributed by atoms with Gasteiger partial charge in [0.05, 0.1) is 23.8 Å². The maximum absolute atomic E-state index is 11.8. The summed E-state index contributed by atoms with van der Waals surface area (Å²) in [4.78, 5) is 12.2. The van der Waals surface area contributed by atoms with Gasteiger partial charge in [-0.2, -0.15) is 5.10 Å². The van der Waals surface area contributed by atoms with Crippen LogP contribution in [-0.4, -0.2) is 46.8 Å². The fourth-order valence-corrected chi connectivity index (χ4v) is 3.91. The molecule has 2 fully saturated rings. The number of rotatable bonds is 4. The van der Waals surface area contributed by atoms with Gasteiger partial charge in [0.15, 0.2) is 16.3 Å². The van der Waals surface area contributed by atoms with Gasteiger partial charge in [-0.3, -0.25) is 10.1 Å². The second-order valence-corrected chi connectivity index (χ2v) is 7.55. The van der Waals surface area contributed by atoms with E-state index in [0.717, 1.165) is 0 Å². The molecule has 2 aliphatic rings. The van der Waals surface area contributed by atoms with Crippen molar-refractivity contribution in [3.63, 3.8) is 0 Å². The first-order valence-corrected chi connectivity index (χ1v) is 9.52. The number of hydrogen-bond acceptors (Lipinski definition) is 6. The van der Waals surface area contributed by atoms with Crippen LogP contribution < -0.4 is 4.90 Å². The van der Waals surface area contributed by atoms with E-state index in [1.165, 1.54) is 0 Å². The molecule has 8 nitrogen and oxygen atoms in total. The third-order valence-corrected chi connectivity index (χ3v) is 5.30. The number of benzene rings is 1. The van der Waals surface area contributed by atoms with Crippen molar-refractivity contribution in [1.82, 2.24) is 9.78 Å². The molecule has 4 rings (SSSR count). The molecule has 1 spiro atoms. The molecule has 0 unspecified atom stereocenters. The third kappa shape index (κ3) is 3.38. The Balaban J connectivity index is 1.77. The van der Waals surface area contributed by atoms with E-state index in [1.807, 2.05) is 35.2 Å². The zero-order valence-electron chi connectivity index (χ0n) is 14.4. The summed E-state index contributed by atoms with van der Waals surface area (Å²) in [6.45, 7) is 2.22. The largest absolute Gasteiger partial charge is 0.350 e. The molecule has 27 heavy (non-hydrogen) atoms. The van der Waals surface area contributed by atoms with E-state index < -0.39 is 15.5 Å². The fourth-order valence-electron chi connectivity index (χ4n) is 3.62. The number of alkyl halides is 2. The Bertz CT molecular complexity index is 827. The number of para-hydroxylation sites is 1. The number of ether oxygens (including phenoxy) is 2. The summed E-state index contributed by atoms with van der Waals surface area (Å²) >= 11 is 12.0. The van der Waals surface area contributed by atoms with Gasteiger partial charge in [0.1, 0.15) is 0 Å². The summed E-state index contributed by atoms with van der Waals surface area (Å²) in [5.41, 5.74) is 0.568. The zero-order valence-corrected chi connectivity index (χ0v) is 15.9. The molecular weight excluding hydrogens is 395 g/mol. The molecule has 0 bridgehead atoms. The molecule has 1 aromatic heterocycles. The Morgan fingerprint density at radius 1 is 1.15 bits per heavy atom. The second kappa shape index (κ2) is 7.27. The first-order valence-electron chi connectivity index (χ1n) is 8.64. The average molecular weight is 413 g/mol. The standard InChI is InChI=1S/C17H18Cl2N4O4/c18-15(19)13-14(23(24)25)16(22(20-13)12-4-2-1-3-5-12)21-8-6-17(7-9-21)26-10-11-27-17/h1-5,15H,6-11H2. The van der Waals surface area contributed by atoms with Gasteiger partial charge in [0.25, 0.3) is 0 Å². The van der Waals surface area contributed by atoms with Crippen molar-refractivity contribution in [1.29, 1.82) is 0 Å². The molecule has 0 radical (unpaired) electrons. The summed E-state index contributed by atoms with van der Waals surface area (Å²) in [7, 11) is 0. The van der Waals surface area contributed by atoms with Crippen LogP contribution in [0.25, 0.3) is 5.69 Å². The Labute approximate surface area is 165 Å². The van der Waals surface area contributed by atoms with E-state index >= 15 is 0 Å². The molecule has 144 valence electrons. The minimum absolute atomic E-state index is 0.0378. The van der Waals surface area contributed by atoms with Crippen molar-refractivity contribution >= 4 is 34.7 Å². The van der Waals surface area contributed by atoms with Crippen LogP contribution in [0.15, 0.2) is 30.3 Å². The Morgan fingerprint density at radius 3 is 2.33 bits per heavy atom. The van der Waals surface area contributed by atoms with Crippen molar-refractivity contribution in [2.45, 2.75) is 23.5 Å². The first-order chi connectivity index (χ1) is 13.0. The minimum Gasteiger partial charge on any atom is -0.350 e. The molecule has 3 heterocycles. The average Bonchev–Trinajstić information content (AvgIpc) is 3.28. The van der Waals surface area contributed by atoms with Crippen molar-refractivity contribution in [2.75, 3.05) is 31.2 Å². The highest BCUT2D eigenvalue weighted by Crippen LogP contribution is 2.42. The van der Waals surface area contributed by atoms with Crippen LogP contribution in [0.1, 0.15) is 23.4 Å². The van der Waals surface area contributed by atoms with E-state index in [0.29, 0.717) is 50.7 Å². The summed E-state index contributed by atoms with van der Waals surface area (Å²) in [5, 5.41) is 16.2. The number of aromatic nitrogens is 2. The highest BCUT2D eigenvalue weighted by atomic mass is 35.5. The Hall–Kier alpha value is -1.87. The molecule has 0 atom stereocenters. The van der Waals surface area contributed by atoms with E-state index in [-0.39, 0.29) is 11.4 Å². The topological polar surface area (TPSA) is 82.7 Å². The van der Waals surface area contributed by atoms with Gasteiger partial charge in [0.2, 0.25) is 5.82 Å². The Kier molecular flexibility index (Phi) is 4.98. The lowest BCUT2D eigenvalue weighted by Gasteiger charge is -2.38. The van der Waals surface area contributed by atoms with E-state index in [2.05, 4.69) is 5.10 Å². The molecule has 2 aliphatic heterocycles. The molecule has 10 heteroatoms. The highest BCUT2D eigenvalue weighted by molar-refractivity contribution is 6.44. The molecule has 2 aromatic rings. The van der Waals surface area contributed by atoms with Gasteiger partial charge in [-0.05, 0) is 12.1 Å². The smallest absolute Gasteiger partial charge is 0.337 e. The van der Waals surface area contributed by atoms with E-state index in [9.17, 15) is 10.1 Å². The first kappa shape index (κ1) is 18.5. The van der Waals surface area contributed by atoms with Crippen molar-refractivity contribution < 1.29 is 14.4 Å². The fraction of sp³-hybridized carbons (Fsp3) is 0.471. The number of hydrogen-bond donors (Lipinski definition) is 0. The molecular formula is C17H18Cl2N4O4. The van der Waals surface area contributed by atoms with E-state index in [1.54, 1.807) is 4.68 Å². The predicted octanol–water partition coefficient (Wildman–Crippen LogP) is 3.60. The number of halogens is 2. The van der Waals surface area contributed by atoms with Crippen molar-refractivity contribution in [2.24, 2.45) is 0 Å². The van der Waals surface area contributed by atoms with Crippen LogP contribution in [-0.2, 0) is 9.47 Å². The van der Waals surface area contributed by atoms with Crippen molar-refractivity contribution in [3.05, 3.63) is 46.1 Å². The second-order valence-electron chi connectivity index (χ2n) is 6.46. The number of nitro groups is 1. The summed E-state index contributed by atoms with van der Waals surface area (Å²) < 4.78 is 13.0. The summed E-state index contributed by atoms with van der Waals surface area (Å²) in [6, 6.07) is 9.21. The maximum Gasteiger partial charge on any atom is 0.337 e. The summed E-state index contributed by atoms with van der Waals surface area (Å²) in [5.74, 6) is -0.201. The third-order valence-electron chi connectivity index (χ3n) is 4.89. The van der Waals surface area contributed by atoms with Gasteiger partial charge in [0, 0.05) is 25.9 Å². The highest BCUT2D eigenvalue weighted by Gasteiger charge is 2.43. The molecule has 0 amide bonds. The minimum atomic E-state index is -1.10. The van der Waals surface area contributed by atoms with Gasteiger partial charge in [-0.15, -0.1) is 0 Å². The van der Waals surface area contributed by atoms with Crippen LogP contribution >= 0.6 is 23.2 Å². The lowest BCUT2D eigenvalue weighted by molar-refractivity contribution is -0.384. The lowest BCUT2D eigenvalue weighted by atomic mass is 10.0. The molecule has 2 saturated heterocycles. The van der Waals surface area contributed by atoms with Gasteiger partial charge >= 0.3 is 5.69 Å². The van der Waals surface area contributed by atoms with Crippen LogP contribution in [0.2, 0.25) is 0 Å². The SMILES string of the molecule is O=[N+]([O-])c1c(C(Cl)Cl)nn(-c2ccccc2)c1N1CCC2(CC1)OCCO2. The van der Waals surface area contributed by atoms with Crippen LogP contribution in [0.5, 0.6) is 0 Å². The lowest BCUT2D eigenvalue weighted by Crippen LogP contribution is -2.45. The van der Waals surface area contributed by atoms with E-state index in [4.69, 9.17) is 32.7 Å². The summed E-state index contributed by atoms with van der Waals surface area (Å²) in [6.07, 6.45) is 1.23. The molecule has 0 N–H and O–H groups in total.